The fourth-order valence-electron chi connectivity index (χ4n) is 1.47. The second-order valence-electron chi connectivity index (χ2n) is 4.40. The standard InChI is InChI=1S/C13H24O5/c1-2-3-4-5-6-7-11(15)8-13(17)18-10-12(16)9-14/h12,14,16H,2-10H2,1H3. The quantitative estimate of drug-likeness (QED) is 0.331. The van der Waals surface area contributed by atoms with E-state index in [4.69, 9.17) is 10.2 Å². The van der Waals surface area contributed by atoms with E-state index in [1.54, 1.807) is 0 Å². The van der Waals surface area contributed by atoms with Gasteiger partial charge in [-0.3, -0.25) is 9.59 Å². The van der Waals surface area contributed by atoms with Crippen LogP contribution < -0.4 is 0 Å². The Bertz CT molecular complexity index is 240. The van der Waals surface area contributed by atoms with Gasteiger partial charge in [0.1, 0.15) is 24.9 Å². The zero-order valence-corrected chi connectivity index (χ0v) is 11.1. The Balaban J connectivity index is 3.52. The van der Waals surface area contributed by atoms with Gasteiger partial charge in [0, 0.05) is 6.42 Å². The summed E-state index contributed by atoms with van der Waals surface area (Å²) in [5, 5.41) is 17.5. The highest BCUT2D eigenvalue weighted by molar-refractivity contribution is 5.95. The zero-order chi connectivity index (χ0) is 13.8. The molecule has 0 saturated carbocycles. The summed E-state index contributed by atoms with van der Waals surface area (Å²) in [7, 11) is 0. The lowest BCUT2D eigenvalue weighted by atomic mass is 10.1. The largest absolute Gasteiger partial charge is 0.463 e. The van der Waals surface area contributed by atoms with Crippen molar-refractivity contribution in [2.75, 3.05) is 13.2 Å². The molecule has 0 spiro atoms. The first kappa shape index (κ1) is 17.1. The second kappa shape index (κ2) is 11.2. The topological polar surface area (TPSA) is 83.8 Å². The molecule has 0 aliphatic carbocycles. The Hall–Kier alpha value is -0.940. The number of hydrogen-bond donors (Lipinski definition) is 2. The number of ketones is 1. The van der Waals surface area contributed by atoms with Gasteiger partial charge in [-0.2, -0.15) is 0 Å². The first-order valence-electron chi connectivity index (χ1n) is 6.56. The van der Waals surface area contributed by atoms with Gasteiger partial charge in [0.05, 0.1) is 6.61 Å². The lowest BCUT2D eigenvalue weighted by Crippen LogP contribution is -2.23. The van der Waals surface area contributed by atoms with Crippen LogP contribution in [0.2, 0.25) is 0 Å². The van der Waals surface area contributed by atoms with Gasteiger partial charge in [-0.05, 0) is 6.42 Å². The smallest absolute Gasteiger partial charge is 0.313 e. The number of ether oxygens (including phenoxy) is 1. The molecule has 0 saturated heterocycles. The number of carbonyl (C=O) groups is 2. The molecule has 0 amide bonds. The predicted molar refractivity (Wildman–Crippen MR) is 67.1 cm³/mol. The molecule has 1 unspecified atom stereocenters. The molecule has 0 aliphatic heterocycles. The minimum Gasteiger partial charge on any atom is -0.463 e. The maximum Gasteiger partial charge on any atom is 0.313 e. The molecule has 1 atom stereocenters. The summed E-state index contributed by atoms with van der Waals surface area (Å²) in [6.45, 7) is 1.40. The van der Waals surface area contributed by atoms with Crippen molar-refractivity contribution in [2.24, 2.45) is 0 Å². The molecule has 0 fully saturated rings. The summed E-state index contributed by atoms with van der Waals surface area (Å²) in [5.41, 5.74) is 0. The number of rotatable bonds is 11. The first-order chi connectivity index (χ1) is 8.60. The van der Waals surface area contributed by atoms with Crippen molar-refractivity contribution < 1.29 is 24.5 Å². The molecule has 0 bridgehead atoms. The molecule has 106 valence electrons. The van der Waals surface area contributed by atoms with Gasteiger partial charge in [-0.25, -0.2) is 0 Å². The van der Waals surface area contributed by atoms with E-state index >= 15 is 0 Å². The third-order valence-corrected chi connectivity index (χ3v) is 2.55. The van der Waals surface area contributed by atoms with E-state index < -0.39 is 18.7 Å². The molecule has 0 heterocycles. The number of aliphatic hydroxyl groups is 2. The number of Topliss-reactive ketones (excluding diaryl/α,β-unsaturated/α-hetero) is 1. The normalized spacial score (nSPS) is 12.2. The Morgan fingerprint density at radius 1 is 1.17 bits per heavy atom. The van der Waals surface area contributed by atoms with Crippen LogP contribution in [0.3, 0.4) is 0 Å². The van der Waals surface area contributed by atoms with Gasteiger partial charge < -0.3 is 14.9 Å². The van der Waals surface area contributed by atoms with E-state index in [-0.39, 0.29) is 18.8 Å². The van der Waals surface area contributed by atoms with Crippen LogP contribution in [0, 0.1) is 0 Å². The van der Waals surface area contributed by atoms with Gasteiger partial charge in [-0.1, -0.05) is 32.6 Å². The van der Waals surface area contributed by atoms with Crippen molar-refractivity contribution in [1.29, 1.82) is 0 Å². The van der Waals surface area contributed by atoms with E-state index in [0.29, 0.717) is 6.42 Å². The van der Waals surface area contributed by atoms with Crippen LogP contribution in [-0.4, -0.2) is 41.3 Å². The Morgan fingerprint density at radius 2 is 1.83 bits per heavy atom. The van der Waals surface area contributed by atoms with Crippen LogP contribution in [-0.2, 0) is 14.3 Å². The van der Waals surface area contributed by atoms with Crippen molar-refractivity contribution in [2.45, 2.75) is 58.0 Å². The lowest BCUT2D eigenvalue weighted by Gasteiger charge is -2.07. The molecule has 0 aromatic rings. The number of hydrogen-bond acceptors (Lipinski definition) is 5. The molecule has 0 aromatic heterocycles. The molecule has 0 radical (unpaired) electrons. The van der Waals surface area contributed by atoms with E-state index in [1.165, 1.54) is 6.42 Å². The van der Waals surface area contributed by atoms with Gasteiger partial charge in [0.2, 0.25) is 0 Å². The molecule has 0 aromatic carbocycles. The minimum absolute atomic E-state index is 0.130. The summed E-state index contributed by atoms with van der Waals surface area (Å²) in [6.07, 6.45) is 4.37. The fraction of sp³-hybridized carbons (Fsp3) is 0.846. The van der Waals surface area contributed by atoms with Crippen LogP contribution in [0.5, 0.6) is 0 Å². The molecule has 2 N–H and O–H groups in total. The number of carbonyl (C=O) groups excluding carboxylic acids is 2. The summed E-state index contributed by atoms with van der Waals surface area (Å²) in [5.74, 6) is -0.768. The van der Waals surface area contributed by atoms with Crippen LogP contribution in [0.15, 0.2) is 0 Å². The van der Waals surface area contributed by atoms with E-state index in [1.807, 2.05) is 0 Å². The average molecular weight is 260 g/mol. The summed E-state index contributed by atoms with van der Waals surface area (Å²) < 4.78 is 4.64. The maximum atomic E-state index is 11.4. The average Bonchev–Trinajstić information content (AvgIpc) is 2.35. The molecule has 18 heavy (non-hydrogen) atoms. The van der Waals surface area contributed by atoms with E-state index in [0.717, 1.165) is 25.7 Å². The second-order valence-corrected chi connectivity index (χ2v) is 4.40. The molecule has 0 rings (SSSR count). The third-order valence-electron chi connectivity index (χ3n) is 2.55. The highest BCUT2D eigenvalue weighted by atomic mass is 16.5. The van der Waals surface area contributed by atoms with Crippen LogP contribution in [0.25, 0.3) is 0 Å². The maximum absolute atomic E-state index is 11.4. The van der Waals surface area contributed by atoms with Crippen molar-refractivity contribution in [3.63, 3.8) is 0 Å². The molecule has 5 heteroatoms. The fourth-order valence-corrected chi connectivity index (χ4v) is 1.47. The molecule has 5 nitrogen and oxygen atoms in total. The Kier molecular flexibility index (Phi) is 10.6. The van der Waals surface area contributed by atoms with Gasteiger partial charge in [-0.15, -0.1) is 0 Å². The van der Waals surface area contributed by atoms with Crippen LogP contribution >= 0.6 is 0 Å². The number of aliphatic hydroxyl groups excluding tert-OH is 2. The summed E-state index contributed by atoms with van der Waals surface area (Å²) >= 11 is 0. The van der Waals surface area contributed by atoms with E-state index in [2.05, 4.69) is 11.7 Å². The monoisotopic (exact) mass is 260 g/mol. The van der Waals surface area contributed by atoms with E-state index in [9.17, 15) is 9.59 Å². The summed E-state index contributed by atoms with van der Waals surface area (Å²) in [6, 6.07) is 0. The molecule has 0 aliphatic rings. The Labute approximate surface area is 108 Å². The molecular weight excluding hydrogens is 236 g/mol. The van der Waals surface area contributed by atoms with Gasteiger partial charge in [0.15, 0.2) is 0 Å². The lowest BCUT2D eigenvalue weighted by molar-refractivity contribution is -0.149. The Morgan fingerprint density at radius 3 is 2.44 bits per heavy atom. The predicted octanol–water partition coefficient (Wildman–Crippen LogP) is 1.20. The zero-order valence-electron chi connectivity index (χ0n) is 11.1. The van der Waals surface area contributed by atoms with Crippen molar-refractivity contribution in [3.05, 3.63) is 0 Å². The summed E-state index contributed by atoms with van der Waals surface area (Å²) in [4.78, 5) is 22.6. The number of unbranched alkanes of at least 4 members (excludes halogenated alkanes) is 4. The minimum atomic E-state index is -1.07. The SMILES string of the molecule is CCCCCCCC(=O)CC(=O)OCC(O)CO. The highest BCUT2D eigenvalue weighted by Crippen LogP contribution is 2.06. The molecular formula is C13H24O5. The van der Waals surface area contributed by atoms with Gasteiger partial charge >= 0.3 is 5.97 Å². The number of esters is 1. The van der Waals surface area contributed by atoms with Crippen molar-refractivity contribution >= 4 is 11.8 Å². The first-order valence-corrected chi connectivity index (χ1v) is 6.56. The van der Waals surface area contributed by atoms with Gasteiger partial charge in [0.25, 0.3) is 0 Å². The van der Waals surface area contributed by atoms with Crippen LogP contribution in [0.1, 0.15) is 51.9 Å². The third kappa shape index (κ3) is 10.2. The highest BCUT2D eigenvalue weighted by Gasteiger charge is 2.12. The van der Waals surface area contributed by atoms with Crippen molar-refractivity contribution in [3.8, 4) is 0 Å². The van der Waals surface area contributed by atoms with Crippen LogP contribution in [0.4, 0.5) is 0 Å². The van der Waals surface area contributed by atoms with Crippen molar-refractivity contribution in [1.82, 2.24) is 0 Å².